The maximum atomic E-state index is 13.7. The van der Waals surface area contributed by atoms with Gasteiger partial charge in [0.05, 0.1) is 24.1 Å². The van der Waals surface area contributed by atoms with Gasteiger partial charge in [0.25, 0.3) is 0 Å². The van der Waals surface area contributed by atoms with Crippen molar-refractivity contribution in [3.05, 3.63) is 58.6 Å². The first-order valence-corrected chi connectivity index (χ1v) is 14.0. The Morgan fingerprint density at radius 3 is 2.36 bits per heavy atom. The topological polar surface area (TPSA) is 96.0 Å². The molecule has 36 heavy (non-hydrogen) atoms. The molecule has 0 heterocycles. The van der Waals surface area contributed by atoms with Crippen LogP contribution in [0.25, 0.3) is 0 Å². The number of rotatable bonds is 12. The molecule has 2 amide bonds. The van der Waals surface area contributed by atoms with E-state index in [2.05, 4.69) is 5.32 Å². The van der Waals surface area contributed by atoms with Crippen LogP contribution in [0, 0.1) is 12.8 Å². The van der Waals surface area contributed by atoms with E-state index in [-0.39, 0.29) is 29.1 Å². The molecule has 0 fully saturated rings. The summed E-state index contributed by atoms with van der Waals surface area (Å²) in [7, 11) is -2.40. The van der Waals surface area contributed by atoms with Crippen molar-refractivity contribution in [3.63, 3.8) is 0 Å². The van der Waals surface area contributed by atoms with Gasteiger partial charge >= 0.3 is 0 Å². The summed E-state index contributed by atoms with van der Waals surface area (Å²) in [6.07, 6.45) is 1.39. The maximum Gasteiger partial charge on any atom is 0.244 e. The van der Waals surface area contributed by atoms with Crippen LogP contribution in [-0.4, -0.2) is 57.6 Å². The average molecular weight is 538 g/mol. The van der Waals surface area contributed by atoms with Crippen LogP contribution in [0.15, 0.2) is 42.5 Å². The van der Waals surface area contributed by atoms with Crippen molar-refractivity contribution in [2.45, 2.75) is 46.7 Å². The molecule has 0 unspecified atom stereocenters. The number of nitrogens with zero attached hydrogens (tertiary/aromatic N) is 2. The van der Waals surface area contributed by atoms with Crippen LogP contribution in [0.3, 0.4) is 0 Å². The summed E-state index contributed by atoms with van der Waals surface area (Å²) < 4.78 is 31.6. The van der Waals surface area contributed by atoms with Gasteiger partial charge in [0.2, 0.25) is 21.8 Å². The number of ether oxygens (including phenoxy) is 1. The number of hydrogen-bond donors (Lipinski definition) is 1. The van der Waals surface area contributed by atoms with E-state index in [1.807, 2.05) is 52.0 Å². The highest BCUT2D eigenvalue weighted by atomic mass is 35.5. The second kappa shape index (κ2) is 13.0. The minimum absolute atomic E-state index is 0.162. The summed E-state index contributed by atoms with van der Waals surface area (Å²) in [5.74, 6) is -0.145. The van der Waals surface area contributed by atoms with E-state index in [0.29, 0.717) is 18.7 Å². The second-order valence-corrected chi connectivity index (χ2v) is 11.5. The molecule has 0 aliphatic carbocycles. The van der Waals surface area contributed by atoms with E-state index in [1.54, 1.807) is 6.07 Å². The SMILES string of the molecule is CC[C@H](C(=O)NCC(C)C)N(Cc1cccc(C)c1)C(=O)CN(c1ccc(OC)c(Cl)c1)S(C)(=O)=O. The van der Waals surface area contributed by atoms with Crippen molar-refractivity contribution in [2.75, 3.05) is 30.8 Å². The number of carbonyl (C=O) groups is 2. The zero-order valence-electron chi connectivity index (χ0n) is 21.7. The average Bonchev–Trinajstić information content (AvgIpc) is 2.80. The molecule has 0 spiro atoms. The molecule has 0 saturated heterocycles. The first-order chi connectivity index (χ1) is 16.9. The standard InChI is InChI=1S/C26H36ClN3O5S/c1-7-23(26(32)28-15-18(2)3)29(16-20-10-8-9-19(4)13-20)25(31)17-30(36(6,33)34)21-11-12-24(35-5)22(27)14-21/h8-14,18,23H,7,15-17H2,1-6H3,(H,28,32)/t23-/m1/s1. The predicted molar refractivity (Wildman–Crippen MR) is 144 cm³/mol. The molecule has 1 atom stereocenters. The van der Waals surface area contributed by atoms with Gasteiger partial charge in [-0.05, 0) is 43.0 Å². The highest BCUT2D eigenvalue weighted by molar-refractivity contribution is 7.92. The maximum absolute atomic E-state index is 13.7. The zero-order chi connectivity index (χ0) is 27.0. The third kappa shape index (κ3) is 8.13. The molecule has 2 aromatic carbocycles. The number of anilines is 1. The fraction of sp³-hybridized carbons (Fsp3) is 0.462. The summed E-state index contributed by atoms with van der Waals surface area (Å²) in [5, 5.41) is 3.12. The molecule has 10 heteroatoms. The number of nitrogens with one attached hydrogen (secondary N) is 1. The summed E-state index contributed by atoms with van der Waals surface area (Å²) in [6.45, 7) is 7.90. The van der Waals surface area contributed by atoms with Crippen LogP contribution >= 0.6 is 11.6 Å². The fourth-order valence-corrected chi connectivity index (χ4v) is 4.87. The zero-order valence-corrected chi connectivity index (χ0v) is 23.3. The Balaban J connectivity index is 2.45. The van der Waals surface area contributed by atoms with Crippen LogP contribution in [0.4, 0.5) is 5.69 Å². The summed E-state index contributed by atoms with van der Waals surface area (Å²) in [6, 6.07) is 11.4. The number of amides is 2. The number of halogens is 1. The Kier molecular flexibility index (Phi) is 10.6. The molecular weight excluding hydrogens is 502 g/mol. The largest absolute Gasteiger partial charge is 0.495 e. The monoisotopic (exact) mass is 537 g/mol. The van der Waals surface area contributed by atoms with Gasteiger partial charge in [0, 0.05) is 13.1 Å². The van der Waals surface area contributed by atoms with Gasteiger partial charge in [-0.25, -0.2) is 8.42 Å². The van der Waals surface area contributed by atoms with Gasteiger partial charge < -0.3 is 15.0 Å². The van der Waals surface area contributed by atoms with Crippen LogP contribution < -0.4 is 14.4 Å². The van der Waals surface area contributed by atoms with E-state index < -0.39 is 28.5 Å². The van der Waals surface area contributed by atoms with Crippen molar-refractivity contribution < 1.29 is 22.7 Å². The molecule has 0 radical (unpaired) electrons. The Morgan fingerprint density at radius 1 is 1.14 bits per heavy atom. The van der Waals surface area contributed by atoms with E-state index in [1.165, 1.54) is 24.1 Å². The van der Waals surface area contributed by atoms with Crippen LogP contribution in [-0.2, 0) is 26.2 Å². The molecule has 0 bridgehead atoms. The Labute approximate surface area is 219 Å². The lowest BCUT2D eigenvalue weighted by atomic mass is 10.1. The molecule has 198 valence electrons. The van der Waals surface area contributed by atoms with Crippen LogP contribution in [0.1, 0.15) is 38.3 Å². The lowest BCUT2D eigenvalue weighted by Crippen LogP contribution is -2.52. The highest BCUT2D eigenvalue weighted by Crippen LogP contribution is 2.30. The number of benzene rings is 2. The van der Waals surface area contributed by atoms with E-state index in [0.717, 1.165) is 21.7 Å². The molecule has 0 aromatic heterocycles. The number of sulfonamides is 1. The minimum atomic E-state index is -3.85. The van der Waals surface area contributed by atoms with Crippen molar-refractivity contribution in [1.29, 1.82) is 0 Å². The van der Waals surface area contributed by atoms with Crippen LogP contribution in [0.2, 0.25) is 5.02 Å². The Bertz CT molecular complexity index is 1170. The lowest BCUT2D eigenvalue weighted by molar-refractivity contribution is -0.140. The number of aryl methyl sites for hydroxylation is 1. The van der Waals surface area contributed by atoms with Gasteiger partial charge in [0.1, 0.15) is 18.3 Å². The minimum Gasteiger partial charge on any atom is -0.495 e. The predicted octanol–water partition coefficient (Wildman–Crippen LogP) is 4.00. The lowest BCUT2D eigenvalue weighted by Gasteiger charge is -2.33. The number of methoxy groups -OCH3 is 1. The summed E-state index contributed by atoms with van der Waals surface area (Å²) >= 11 is 6.22. The summed E-state index contributed by atoms with van der Waals surface area (Å²) in [4.78, 5) is 28.2. The molecule has 0 saturated carbocycles. The number of carbonyl (C=O) groups excluding carboxylic acids is 2. The second-order valence-electron chi connectivity index (χ2n) is 9.16. The smallest absolute Gasteiger partial charge is 0.244 e. The van der Waals surface area contributed by atoms with Gasteiger partial charge in [0.15, 0.2) is 0 Å². The van der Waals surface area contributed by atoms with Gasteiger partial charge in [-0.2, -0.15) is 0 Å². The Hall–Kier alpha value is -2.78. The van der Waals surface area contributed by atoms with Gasteiger partial charge in [-0.1, -0.05) is 62.2 Å². The quantitative estimate of drug-likeness (QED) is 0.441. The number of hydrogen-bond acceptors (Lipinski definition) is 5. The fourth-order valence-electron chi connectivity index (χ4n) is 3.77. The van der Waals surface area contributed by atoms with E-state index in [9.17, 15) is 18.0 Å². The molecule has 2 aromatic rings. The molecule has 0 aliphatic heterocycles. The van der Waals surface area contributed by atoms with Crippen molar-refractivity contribution >= 4 is 39.1 Å². The van der Waals surface area contributed by atoms with Crippen LogP contribution in [0.5, 0.6) is 5.75 Å². The third-order valence-electron chi connectivity index (χ3n) is 5.61. The van der Waals surface area contributed by atoms with Crippen molar-refractivity contribution in [1.82, 2.24) is 10.2 Å². The first kappa shape index (κ1) is 29.5. The van der Waals surface area contributed by atoms with Crippen molar-refractivity contribution in [2.24, 2.45) is 5.92 Å². The molecule has 0 aliphatic rings. The molecule has 1 N–H and O–H groups in total. The molecule has 2 rings (SSSR count). The van der Waals surface area contributed by atoms with Gasteiger partial charge in [-0.15, -0.1) is 0 Å². The molecule has 8 nitrogen and oxygen atoms in total. The Morgan fingerprint density at radius 2 is 1.83 bits per heavy atom. The van der Waals surface area contributed by atoms with E-state index >= 15 is 0 Å². The van der Waals surface area contributed by atoms with E-state index in [4.69, 9.17) is 16.3 Å². The normalized spacial score (nSPS) is 12.2. The highest BCUT2D eigenvalue weighted by Gasteiger charge is 2.32. The first-order valence-electron chi connectivity index (χ1n) is 11.8. The van der Waals surface area contributed by atoms with Gasteiger partial charge in [-0.3, -0.25) is 13.9 Å². The van der Waals surface area contributed by atoms with Crippen molar-refractivity contribution in [3.8, 4) is 5.75 Å². The summed E-state index contributed by atoms with van der Waals surface area (Å²) in [5.41, 5.74) is 2.09. The third-order valence-corrected chi connectivity index (χ3v) is 7.04. The molecular formula is C26H36ClN3O5S.